The van der Waals surface area contributed by atoms with Gasteiger partial charge in [-0.1, -0.05) is 34.1 Å². The van der Waals surface area contributed by atoms with Gasteiger partial charge in [-0.05, 0) is 54.2 Å². The molecule has 20 heavy (non-hydrogen) atoms. The third-order valence-electron chi connectivity index (χ3n) is 3.24. The fourth-order valence-corrected chi connectivity index (χ4v) is 2.63. The molecular formula is C16H15BrF2O. The second kappa shape index (κ2) is 6.95. The standard InChI is InChI=1S/C16H15BrF2O/c17-15-4-2-1-3-12(15)7-11(10-20)8-13-9-14(18)5-6-16(13)19/h1-6,9,11,20H,7-8,10H2. The van der Waals surface area contributed by atoms with E-state index in [0.717, 1.165) is 22.2 Å². The Hall–Kier alpha value is -1.26. The third-order valence-corrected chi connectivity index (χ3v) is 4.01. The zero-order chi connectivity index (χ0) is 14.5. The molecule has 0 radical (unpaired) electrons. The summed E-state index contributed by atoms with van der Waals surface area (Å²) in [7, 11) is 0. The fraction of sp³-hybridized carbons (Fsp3) is 0.250. The molecule has 0 saturated carbocycles. The van der Waals surface area contributed by atoms with E-state index in [1.165, 1.54) is 6.07 Å². The second-order valence-electron chi connectivity index (χ2n) is 4.78. The van der Waals surface area contributed by atoms with Crippen LogP contribution in [-0.4, -0.2) is 11.7 Å². The Morgan fingerprint density at radius 1 is 1.00 bits per heavy atom. The molecule has 1 nitrogen and oxygen atoms in total. The van der Waals surface area contributed by atoms with Crippen LogP contribution in [0, 0.1) is 17.6 Å². The molecule has 0 aliphatic rings. The van der Waals surface area contributed by atoms with Gasteiger partial charge >= 0.3 is 0 Å². The van der Waals surface area contributed by atoms with Crippen molar-refractivity contribution in [2.45, 2.75) is 12.8 Å². The van der Waals surface area contributed by atoms with Crippen molar-refractivity contribution in [1.29, 1.82) is 0 Å². The molecule has 0 aliphatic heterocycles. The molecule has 1 N–H and O–H groups in total. The Balaban J connectivity index is 2.13. The number of rotatable bonds is 5. The maximum Gasteiger partial charge on any atom is 0.126 e. The van der Waals surface area contributed by atoms with Crippen LogP contribution in [-0.2, 0) is 12.8 Å². The van der Waals surface area contributed by atoms with Crippen LogP contribution < -0.4 is 0 Å². The Morgan fingerprint density at radius 2 is 1.70 bits per heavy atom. The number of hydrogen-bond acceptors (Lipinski definition) is 1. The van der Waals surface area contributed by atoms with Gasteiger partial charge in [0.05, 0.1) is 0 Å². The maximum absolute atomic E-state index is 13.6. The Morgan fingerprint density at radius 3 is 2.40 bits per heavy atom. The SMILES string of the molecule is OCC(Cc1cc(F)ccc1F)Cc1ccccc1Br. The lowest BCUT2D eigenvalue weighted by Gasteiger charge is -2.16. The summed E-state index contributed by atoms with van der Waals surface area (Å²) in [5.41, 5.74) is 1.35. The van der Waals surface area contributed by atoms with Crippen molar-refractivity contribution in [3.63, 3.8) is 0 Å². The van der Waals surface area contributed by atoms with E-state index in [-0.39, 0.29) is 12.5 Å². The zero-order valence-corrected chi connectivity index (χ0v) is 12.4. The van der Waals surface area contributed by atoms with Gasteiger partial charge in [-0.3, -0.25) is 0 Å². The normalized spacial score (nSPS) is 12.4. The minimum Gasteiger partial charge on any atom is -0.396 e. The molecule has 0 saturated heterocycles. The summed E-state index contributed by atoms with van der Waals surface area (Å²) in [6.07, 6.45) is 0.912. The first-order chi connectivity index (χ1) is 9.60. The zero-order valence-electron chi connectivity index (χ0n) is 10.8. The van der Waals surface area contributed by atoms with Gasteiger partial charge in [0.1, 0.15) is 11.6 Å². The summed E-state index contributed by atoms with van der Waals surface area (Å²) in [6, 6.07) is 11.1. The fourth-order valence-electron chi connectivity index (χ4n) is 2.19. The van der Waals surface area contributed by atoms with Crippen molar-refractivity contribution in [3.05, 3.63) is 69.7 Å². The van der Waals surface area contributed by atoms with Crippen LogP contribution in [0.3, 0.4) is 0 Å². The summed E-state index contributed by atoms with van der Waals surface area (Å²) < 4.78 is 27.7. The predicted molar refractivity (Wildman–Crippen MR) is 78.5 cm³/mol. The average molecular weight is 341 g/mol. The molecule has 2 aromatic rings. The Labute approximate surface area is 125 Å². The summed E-state index contributed by atoms with van der Waals surface area (Å²) in [6.45, 7) is -0.0721. The van der Waals surface area contributed by atoms with E-state index in [4.69, 9.17) is 0 Å². The molecule has 0 aromatic heterocycles. The van der Waals surface area contributed by atoms with Gasteiger partial charge in [0.2, 0.25) is 0 Å². The number of aliphatic hydroxyl groups excluding tert-OH is 1. The third kappa shape index (κ3) is 3.87. The molecule has 0 fully saturated rings. The Kier molecular flexibility index (Phi) is 5.26. The van der Waals surface area contributed by atoms with Crippen molar-refractivity contribution in [1.82, 2.24) is 0 Å². The molecule has 0 heterocycles. The largest absolute Gasteiger partial charge is 0.396 e. The van der Waals surface area contributed by atoms with Gasteiger partial charge < -0.3 is 5.11 Å². The molecule has 0 aliphatic carbocycles. The van der Waals surface area contributed by atoms with Gasteiger partial charge in [0.15, 0.2) is 0 Å². The topological polar surface area (TPSA) is 20.2 Å². The minimum absolute atomic E-state index is 0.0721. The molecule has 4 heteroatoms. The van der Waals surface area contributed by atoms with Gasteiger partial charge in [0, 0.05) is 11.1 Å². The van der Waals surface area contributed by atoms with E-state index >= 15 is 0 Å². The molecule has 0 amide bonds. The number of aliphatic hydroxyl groups is 1. The van der Waals surface area contributed by atoms with E-state index in [9.17, 15) is 13.9 Å². The van der Waals surface area contributed by atoms with Crippen molar-refractivity contribution >= 4 is 15.9 Å². The van der Waals surface area contributed by atoms with Crippen molar-refractivity contribution < 1.29 is 13.9 Å². The molecule has 2 rings (SSSR count). The molecule has 2 aromatic carbocycles. The summed E-state index contributed by atoms with van der Waals surface area (Å²) in [4.78, 5) is 0. The van der Waals surface area contributed by atoms with Crippen LogP contribution in [0.5, 0.6) is 0 Å². The van der Waals surface area contributed by atoms with Crippen LogP contribution >= 0.6 is 15.9 Å². The smallest absolute Gasteiger partial charge is 0.126 e. The molecule has 106 valence electrons. The average Bonchev–Trinajstić information content (AvgIpc) is 2.44. The number of hydrogen-bond donors (Lipinski definition) is 1. The quantitative estimate of drug-likeness (QED) is 0.867. The van der Waals surface area contributed by atoms with Crippen LogP contribution in [0.15, 0.2) is 46.9 Å². The summed E-state index contributed by atoms with van der Waals surface area (Å²) in [5.74, 6) is -1.04. The van der Waals surface area contributed by atoms with Crippen LogP contribution in [0.2, 0.25) is 0 Å². The lowest BCUT2D eigenvalue weighted by molar-refractivity contribution is 0.224. The highest BCUT2D eigenvalue weighted by molar-refractivity contribution is 9.10. The van der Waals surface area contributed by atoms with Crippen molar-refractivity contribution in [2.24, 2.45) is 5.92 Å². The van der Waals surface area contributed by atoms with E-state index in [2.05, 4.69) is 15.9 Å². The predicted octanol–water partition coefficient (Wildman–Crippen LogP) is 4.12. The highest BCUT2D eigenvalue weighted by Gasteiger charge is 2.14. The van der Waals surface area contributed by atoms with E-state index in [1.807, 2.05) is 24.3 Å². The molecular weight excluding hydrogens is 326 g/mol. The van der Waals surface area contributed by atoms with Crippen LogP contribution in [0.4, 0.5) is 8.78 Å². The highest BCUT2D eigenvalue weighted by Crippen LogP contribution is 2.22. The van der Waals surface area contributed by atoms with Crippen LogP contribution in [0.25, 0.3) is 0 Å². The van der Waals surface area contributed by atoms with Crippen LogP contribution in [0.1, 0.15) is 11.1 Å². The minimum atomic E-state index is -0.459. The van der Waals surface area contributed by atoms with E-state index < -0.39 is 11.6 Å². The van der Waals surface area contributed by atoms with E-state index in [0.29, 0.717) is 18.4 Å². The van der Waals surface area contributed by atoms with Gasteiger partial charge in [-0.2, -0.15) is 0 Å². The summed E-state index contributed by atoms with van der Waals surface area (Å²) >= 11 is 3.45. The molecule has 1 unspecified atom stereocenters. The monoisotopic (exact) mass is 340 g/mol. The van der Waals surface area contributed by atoms with Crippen molar-refractivity contribution in [3.8, 4) is 0 Å². The maximum atomic E-state index is 13.6. The first kappa shape index (κ1) is 15.1. The van der Waals surface area contributed by atoms with Gasteiger partial charge in [0.25, 0.3) is 0 Å². The summed E-state index contributed by atoms with van der Waals surface area (Å²) in [5, 5.41) is 9.47. The molecule has 1 atom stereocenters. The first-order valence-corrected chi connectivity index (χ1v) is 7.17. The lowest BCUT2D eigenvalue weighted by Crippen LogP contribution is -2.14. The number of halogens is 3. The van der Waals surface area contributed by atoms with E-state index in [1.54, 1.807) is 0 Å². The first-order valence-electron chi connectivity index (χ1n) is 6.38. The Bertz CT molecular complexity index is 586. The lowest BCUT2D eigenvalue weighted by atomic mass is 9.93. The number of benzene rings is 2. The van der Waals surface area contributed by atoms with Gasteiger partial charge in [-0.15, -0.1) is 0 Å². The molecule has 0 bridgehead atoms. The molecule has 0 spiro atoms. The second-order valence-corrected chi connectivity index (χ2v) is 5.64. The van der Waals surface area contributed by atoms with Gasteiger partial charge in [-0.25, -0.2) is 8.78 Å². The van der Waals surface area contributed by atoms with Crippen molar-refractivity contribution in [2.75, 3.05) is 6.61 Å². The highest BCUT2D eigenvalue weighted by atomic mass is 79.9.